The fourth-order valence-corrected chi connectivity index (χ4v) is 4.71. The van der Waals surface area contributed by atoms with Crippen LogP contribution < -0.4 is 10.1 Å². The molecule has 1 N–H and O–H groups in total. The molecule has 0 atom stereocenters. The van der Waals surface area contributed by atoms with Crippen LogP contribution in [-0.4, -0.2) is 22.6 Å². The first-order valence-corrected chi connectivity index (χ1v) is 13.2. The number of fused-ring (bicyclic) bond motifs is 3. The average molecular weight is 559 g/mol. The highest BCUT2D eigenvalue weighted by atomic mass is 35.5. The first-order chi connectivity index (χ1) is 17.8. The van der Waals surface area contributed by atoms with Crippen LogP contribution in [0.5, 0.6) is 5.75 Å². The number of nitrogens with zero attached hydrogens (tertiary/aromatic N) is 2. The predicted octanol–water partition coefficient (Wildman–Crippen LogP) is 9.35. The lowest BCUT2D eigenvalue weighted by Gasteiger charge is -2.13. The summed E-state index contributed by atoms with van der Waals surface area (Å²) in [6.45, 7) is 8.78. The number of nitrogens with one attached hydrogen (secondary N) is 1. The number of amides is 1. The van der Waals surface area contributed by atoms with E-state index in [0.29, 0.717) is 28.6 Å². The quantitative estimate of drug-likeness (QED) is 0.230. The number of methoxy groups -OCH3 is 1. The van der Waals surface area contributed by atoms with Gasteiger partial charge >= 0.3 is 0 Å². The number of anilines is 1. The number of halogens is 3. The van der Waals surface area contributed by atoms with Gasteiger partial charge in [-0.3, -0.25) is 9.78 Å². The summed E-state index contributed by atoms with van der Waals surface area (Å²) in [5, 5.41) is 5.50. The number of benzene rings is 2. The van der Waals surface area contributed by atoms with Crippen molar-refractivity contribution >= 4 is 68.2 Å². The molecule has 0 spiro atoms. The Hall–Kier alpha value is -2.99. The van der Waals surface area contributed by atoms with E-state index >= 15 is 0 Å². The molecule has 2 aromatic heterocycles. The van der Waals surface area contributed by atoms with Crippen molar-refractivity contribution in [2.24, 2.45) is 0 Å². The van der Waals surface area contributed by atoms with Crippen molar-refractivity contribution in [3.63, 3.8) is 0 Å². The number of hydrogen-bond acceptors (Lipinski definition) is 3. The minimum Gasteiger partial charge on any atom is -0.495 e. The number of allylic oxidation sites excluding steroid dienone is 4. The molecule has 8 heteroatoms. The maximum atomic E-state index is 13.5. The van der Waals surface area contributed by atoms with Gasteiger partial charge in [-0.15, -0.1) is 0 Å². The Balaban J connectivity index is 0.00000186. The van der Waals surface area contributed by atoms with Gasteiger partial charge in [-0.05, 0) is 43.7 Å². The Morgan fingerprint density at radius 2 is 1.81 bits per heavy atom. The van der Waals surface area contributed by atoms with Gasteiger partial charge < -0.3 is 14.6 Å². The molecule has 5 nitrogen and oxygen atoms in total. The van der Waals surface area contributed by atoms with Gasteiger partial charge in [0.2, 0.25) is 0 Å². The summed E-state index contributed by atoms with van der Waals surface area (Å²) < 4.78 is 7.88. The van der Waals surface area contributed by atoms with Crippen LogP contribution in [0.1, 0.15) is 44.5 Å². The van der Waals surface area contributed by atoms with Gasteiger partial charge in [0.1, 0.15) is 5.75 Å². The fourth-order valence-electron chi connectivity index (χ4n) is 4.08. The maximum absolute atomic E-state index is 13.5. The second-order valence-electron chi connectivity index (χ2n) is 8.07. The zero-order valence-corrected chi connectivity index (χ0v) is 23.8. The Labute approximate surface area is 232 Å². The second kappa shape index (κ2) is 13.0. The van der Waals surface area contributed by atoms with E-state index in [1.165, 1.54) is 12.4 Å². The first kappa shape index (κ1) is 28.6. The van der Waals surface area contributed by atoms with Crippen LogP contribution in [0, 0.1) is 0 Å². The highest BCUT2D eigenvalue weighted by Gasteiger charge is 2.22. The van der Waals surface area contributed by atoms with Crippen molar-refractivity contribution in [2.45, 2.75) is 40.7 Å². The van der Waals surface area contributed by atoms with Crippen LogP contribution in [0.15, 0.2) is 66.5 Å². The number of rotatable bonds is 7. The molecule has 2 aromatic carbocycles. The largest absolute Gasteiger partial charge is 0.495 e. The van der Waals surface area contributed by atoms with Crippen LogP contribution in [0.3, 0.4) is 0 Å². The van der Waals surface area contributed by atoms with Gasteiger partial charge in [0.05, 0.1) is 28.4 Å². The topological polar surface area (TPSA) is 56.2 Å². The molecular formula is C29H30Cl3N3O2. The molecule has 0 saturated carbocycles. The number of aromatic nitrogens is 2. The van der Waals surface area contributed by atoms with Crippen LogP contribution in [-0.2, 0) is 6.54 Å². The van der Waals surface area contributed by atoms with Crippen LogP contribution in [0.4, 0.5) is 5.69 Å². The third kappa shape index (κ3) is 6.12. The molecule has 0 fully saturated rings. The van der Waals surface area contributed by atoms with Gasteiger partial charge in [-0.1, -0.05) is 79.4 Å². The normalized spacial score (nSPS) is 11.6. The summed E-state index contributed by atoms with van der Waals surface area (Å²) in [4.78, 5) is 17.5. The zero-order valence-electron chi connectivity index (χ0n) is 21.5. The van der Waals surface area contributed by atoms with E-state index in [9.17, 15) is 4.79 Å². The minimum atomic E-state index is -0.357. The third-order valence-corrected chi connectivity index (χ3v) is 6.45. The molecular weight excluding hydrogens is 529 g/mol. The number of carbonyl (C=O) groups is 1. The van der Waals surface area contributed by atoms with E-state index < -0.39 is 0 Å². The molecule has 0 aliphatic rings. The van der Waals surface area contributed by atoms with Crippen LogP contribution >= 0.6 is 34.8 Å². The molecule has 1 amide bonds. The molecule has 0 saturated heterocycles. The summed E-state index contributed by atoms with van der Waals surface area (Å²) in [7, 11) is 1.62. The molecule has 37 heavy (non-hydrogen) atoms. The summed E-state index contributed by atoms with van der Waals surface area (Å²) in [6.07, 6.45) is 10.1. The summed E-state index contributed by atoms with van der Waals surface area (Å²) in [6, 6.07) is 9.20. The van der Waals surface area contributed by atoms with E-state index in [4.69, 9.17) is 39.5 Å². The molecule has 2 heterocycles. The Kier molecular flexibility index (Phi) is 10.0. The predicted molar refractivity (Wildman–Crippen MR) is 158 cm³/mol. The number of ether oxygens (including phenoxy) is 1. The van der Waals surface area contributed by atoms with E-state index in [1.807, 2.05) is 32.0 Å². The molecule has 0 radical (unpaired) electrons. The molecule has 4 rings (SSSR count). The monoisotopic (exact) mass is 557 g/mol. The van der Waals surface area contributed by atoms with Gasteiger partial charge in [-0.25, -0.2) is 0 Å². The van der Waals surface area contributed by atoms with Crippen LogP contribution in [0.25, 0.3) is 21.8 Å². The van der Waals surface area contributed by atoms with Crippen molar-refractivity contribution < 1.29 is 9.53 Å². The fraction of sp³-hybridized carbons (Fsp3) is 0.241. The summed E-state index contributed by atoms with van der Waals surface area (Å²) >= 11 is 18.9. The van der Waals surface area contributed by atoms with Crippen molar-refractivity contribution in [3.8, 4) is 5.75 Å². The van der Waals surface area contributed by atoms with E-state index in [1.54, 1.807) is 19.2 Å². The summed E-state index contributed by atoms with van der Waals surface area (Å²) in [5.74, 6) is 0.297. The highest BCUT2D eigenvalue weighted by Crippen LogP contribution is 2.39. The molecule has 0 unspecified atom stereocenters. The molecule has 4 aromatic rings. The van der Waals surface area contributed by atoms with Crippen molar-refractivity contribution in [2.75, 3.05) is 12.4 Å². The highest BCUT2D eigenvalue weighted by molar-refractivity contribution is 6.40. The SMILES string of the molecule is CC.CC/C=C\C=C(/C)Cn1c2ccc(Cl)cc2c2c(C(=O)Nc3c(Cl)cncc3Cl)ccc(OC)c21. The lowest BCUT2D eigenvalue weighted by molar-refractivity contribution is 0.102. The van der Waals surface area contributed by atoms with Crippen molar-refractivity contribution in [1.29, 1.82) is 0 Å². The molecule has 0 aliphatic heterocycles. The lowest BCUT2D eigenvalue weighted by Crippen LogP contribution is -2.13. The third-order valence-electron chi connectivity index (χ3n) is 5.65. The average Bonchev–Trinajstić information content (AvgIpc) is 3.20. The Bertz CT molecular complexity index is 1470. The van der Waals surface area contributed by atoms with E-state index in [0.717, 1.165) is 33.8 Å². The lowest BCUT2D eigenvalue weighted by atomic mass is 10.0. The number of hydrogen-bond donors (Lipinski definition) is 1. The standard InChI is InChI=1S/C27H24Cl3N3O2.C2H6/c1-4-5-6-7-16(2)15-33-22-10-8-17(28)12-19(22)24-18(9-11-23(35-3)26(24)33)27(34)32-25-20(29)13-31-14-21(25)30;1-2/h5-14H,4,15H2,1-3H3,(H,31,32,34);1-2H3/b6-5-,16-7+;. The van der Waals surface area contributed by atoms with E-state index in [2.05, 4.69) is 46.9 Å². The number of carbonyl (C=O) groups excluding carboxylic acids is 1. The maximum Gasteiger partial charge on any atom is 0.256 e. The van der Waals surface area contributed by atoms with Gasteiger partial charge in [0, 0.05) is 45.8 Å². The minimum absolute atomic E-state index is 0.252. The molecule has 0 bridgehead atoms. The Morgan fingerprint density at radius 1 is 1.11 bits per heavy atom. The van der Waals surface area contributed by atoms with Gasteiger partial charge in [-0.2, -0.15) is 0 Å². The van der Waals surface area contributed by atoms with E-state index in [-0.39, 0.29) is 16.0 Å². The molecule has 194 valence electrons. The zero-order chi connectivity index (χ0) is 27.1. The molecule has 0 aliphatic carbocycles. The first-order valence-electron chi connectivity index (χ1n) is 12.1. The van der Waals surface area contributed by atoms with Crippen molar-refractivity contribution in [3.05, 3.63) is 87.2 Å². The smallest absolute Gasteiger partial charge is 0.256 e. The van der Waals surface area contributed by atoms with Crippen molar-refractivity contribution in [1.82, 2.24) is 9.55 Å². The van der Waals surface area contributed by atoms with Crippen LogP contribution in [0.2, 0.25) is 15.1 Å². The second-order valence-corrected chi connectivity index (χ2v) is 9.32. The Morgan fingerprint density at radius 3 is 2.46 bits per heavy atom. The summed E-state index contributed by atoms with van der Waals surface area (Å²) in [5.41, 5.74) is 3.64. The number of pyridine rings is 1. The van der Waals surface area contributed by atoms with Gasteiger partial charge in [0.15, 0.2) is 0 Å². The van der Waals surface area contributed by atoms with Gasteiger partial charge in [0.25, 0.3) is 5.91 Å².